The van der Waals surface area contributed by atoms with Gasteiger partial charge in [-0.1, -0.05) is 60.7 Å². The van der Waals surface area contributed by atoms with E-state index in [-0.39, 0.29) is 5.56 Å². The molecule has 0 aliphatic carbocycles. The first-order valence-corrected chi connectivity index (χ1v) is 6.48. The molecule has 0 bridgehead atoms. The van der Waals surface area contributed by atoms with Crippen LogP contribution in [0.15, 0.2) is 63.8 Å². The van der Waals surface area contributed by atoms with E-state index in [1.165, 1.54) is 0 Å². The molecule has 2 aromatic carbocycles. The van der Waals surface area contributed by atoms with Gasteiger partial charge in [-0.15, -0.1) is 0 Å². The summed E-state index contributed by atoms with van der Waals surface area (Å²) in [6.07, 6.45) is 3.66. The third-order valence-corrected chi connectivity index (χ3v) is 3.21. The number of rotatable bonds is 2. The number of nitriles is 1. The molecule has 0 N–H and O–H groups in total. The quantitative estimate of drug-likeness (QED) is 0.667. The van der Waals surface area contributed by atoms with Gasteiger partial charge in [0, 0.05) is 10.9 Å². The van der Waals surface area contributed by atoms with Gasteiger partial charge >= 0.3 is 5.63 Å². The maximum Gasteiger partial charge on any atom is 0.354 e. The molecule has 3 nitrogen and oxygen atoms in total. The molecule has 1 heterocycles. The fourth-order valence-electron chi connectivity index (χ4n) is 2.20. The van der Waals surface area contributed by atoms with Gasteiger partial charge in [0.2, 0.25) is 0 Å². The summed E-state index contributed by atoms with van der Waals surface area (Å²) in [6.45, 7) is 0. The highest BCUT2D eigenvalue weighted by molar-refractivity contribution is 5.91. The van der Waals surface area contributed by atoms with Gasteiger partial charge in [0.05, 0.1) is 0 Å². The van der Waals surface area contributed by atoms with Gasteiger partial charge in [-0.05, 0) is 11.6 Å². The lowest BCUT2D eigenvalue weighted by molar-refractivity contribution is 0.558. The molecule has 3 aromatic rings. The topological polar surface area (TPSA) is 54.0 Å². The van der Waals surface area contributed by atoms with Crippen molar-refractivity contribution in [3.05, 3.63) is 81.7 Å². The van der Waals surface area contributed by atoms with E-state index in [0.29, 0.717) is 11.1 Å². The van der Waals surface area contributed by atoms with Gasteiger partial charge in [0.1, 0.15) is 17.2 Å². The molecule has 1 aromatic heterocycles. The van der Waals surface area contributed by atoms with Crippen LogP contribution in [0.4, 0.5) is 0 Å². The fraction of sp³-hybridized carbons (Fsp3) is 0. The molecule has 0 saturated carbocycles. The molecule has 0 radical (unpaired) electrons. The fourth-order valence-corrected chi connectivity index (χ4v) is 2.20. The van der Waals surface area contributed by atoms with Crippen molar-refractivity contribution in [1.29, 1.82) is 5.26 Å². The standard InChI is InChI=1S/C18H11NO2/c19-12-16-14(11-10-13-6-2-1-3-7-13)15-8-4-5-9-17(15)21-18(16)20/h1-11H. The third-order valence-electron chi connectivity index (χ3n) is 3.21. The second-order valence-corrected chi connectivity index (χ2v) is 4.53. The summed E-state index contributed by atoms with van der Waals surface area (Å²) < 4.78 is 5.16. The van der Waals surface area contributed by atoms with Gasteiger partial charge in [0.15, 0.2) is 0 Å². The van der Waals surface area contributed by atoms with Crippen LogP contribution in [0, 0.1) is 11.3 Å². The second kappa shape index (κ2) is 5.48. The summed E-state index contributed by atoms with van der Waals surface area (Å²) in [5.74, 6) is 0. The van der Waals surface area contributed by atoms with E-state index in [4.69, 9.17) is 4.42 Å². The Hall–Kier alpha value is -3.12. The Kier molecular flexibility index (Phi) is 3.36. The molecule has 0 unspecified atom stereocenters. The summed E-state index contributed by atoms with van der Waals surface area (Å²) in [5.41, 5.74) is 1.49. The molecule has 3 heteroatoms. The molecular formula is C18H11NO2. The maximum atomic E-state index is 11.9. The van der Waals surface area contributed by atoms with E-state index < -0.39 is 5.63 Å². The Bertz CT molecular complexity index is 915. The van der Waals surface area contributed by atoms with Crippen molar-refractivity contribution in [2.24, 2.45) is 0 Å². The summed E-state index contributed by atoms with van der Waals surface area (Å²) in [7, 11) is 0. The molecule has 0 atom stereocenters. The van der Waals surface area contributed by atoms with Crippen LogP contribution in [0.3, 0.4) is 0 Å². The Balaban J connectivity index is 2.23. The molecule has 0 amide bonds. The highest BCUT2D eigenvalue weighted by Crippen LogP contribution is 2.21. The number of para-hydroxylation sites is 1. The van der Waals surface area contributed by atoms with Crippen LogP contribution in [0.5, 0.6) is 0 Å². The van der Waals surface area contributed by atoms with Crippen LogP contribution in [0.2, 0.25) is 0 Å². The van der Waals surface area contributed by atoms with E-state index in [1.54, 1.807) is 18.2 Å². The van der Waals surface area contributed by atoms with Crippen LogP contribution in [0.1, 0.15) is 16.7 Å². The Morgan fingerprint density at radius 3 is 2.43 bits per heavy atom. The molecule has 0 saturated heterocycles. The van der Waals surface area contributed by atoms with Crippen molar-refractivity contribution in [3.8, 4) is 6.07 Å². The minimum atomic E-state index is -0.607. The largest absolute Gasteiger partial charge is 0.422 e. The molecule has 100 valence electrons. The van der Waals surface area contributed by atoms with Gasteiger partial charge < -0.3 is 4.42 Å². The van der Waals surface area contributed by atoms with Gasteiger partial charge in [0.25, 0.3) is 0 Å². The first kappa shape index (κ1) is 12.9. The second-order valence-electron chi connectivity index (χ2n) is 4.53. The van der Waals surface area contributed by atoms with Crippen LogP contribution in [-0.2, 0) is 0 Å². The number of hydrogen-bond acceptors (Lipinski definition) is 3. The smallest absolute Gasteiger partial charge is 0.354 e. The van der Waals surface area contributed by atoms with Gasteiger partial charge in [-0.2, -0.15) is 5.26 Å². The van der Waals surface area contributed by atoms with Crippen molar-refractivity contribution in [3.63, 3.8) is 0 Å². The summed E-state index contributed by atoms with van der Waals surface area (Å²) in [5, 5.41) is 9.96. The average Bonchev–Trinajstić information content (AvgIpc) is 2.53. The van der Waals surface area contributed by atoms with Crippen LogP contribution >= 0.6 is 0 Å². The Morgan fingerprint density at radius 2 is 1.67 bits per heavy atom. The predicted molar refractivity (Wildman–Crippen MR) is 82.6 cm³/mol. The number of hydrogen-bond donors (Lipinski definition) is 0. The molecule has 0 aliphatic heterocycles. The van der Waals surface area contributed by atoms with Crippen molar-refractivity contribution in [1.82, 2.24) is 0 Å². The minimum absolute atomic E-state index is 0.0286. The highest BCUT2D eigenvalue weighted by Gasteiger charge is 2.11. The highest BCUT2D eigenvalue weighted by atomic mass is 16.4. The van der Waals surface area contributed by atoms with Crippen molar-refractivity contribution < 1.29 is 4.42 Å². The predicted octanol–water partition coefficient (Wildman–Crippen LogP) is 3.84. The van der Waals surface area contributed by atoms with Crippen LogP contribution < -0.4 is 5.63 Å². The normalized spacial score (nSPS) is 10.8. The van der Waals surface area contributed by atoms with E-state index in [1.807, 2.05) is 54.6 Å². The zero-order valence-electron chi connectivity index (χ0n) is 11.1. The zero-order valence-corrected chi connectivity index (χ0v) is 11.1. The Labute approximate surface area is 121 Å². The van der Waals surface area contributed by atoms with Crippen molar-refractivity contribution in [2.45, 2.75) is 0 Å². The van der Waals surface area contributed by atoms with Crippen molar-refractivity contribution >= 4 is 23.1 Å². The first-order chi connectivity index (χ1) is 10.3. The number of nitrogens with zero attached hydrogens (tertiary/aromatic N) is 1. The first-order valence-electron chi connectivity index (χ1n) is 6.48. The molecule has 0 aliphatic rings. The minimum Gasteiger partial charge on any atom is -0.422 e. The van der Waals surface area contributed by atoms with E-state index in [0.717, 1.165) is 10.9 Å². The van der Waals surface area contributed by atoms with Crippen molar-refractivity contribution in [2.75, 3.05) is 0 Å². The molecule has 3 rings (SSSR count). The third kappa shape index (κ3) is 2.47. The SMILES string of the molecule is N#Cc1c(C=Cc2ccccc2)c2ccccc2oc1=O. The Morgan fingerprint density at radius 1 is 0.952 bits per heavy atom. The lowest BCUT2D eigenvalue weighted by Gasteiger charge is -2.03. The summed E-state index contributed by atoms with van der Waals surface area (Å²) in [6, 6.07) is 18.8. The number of fused-ring (bicyclic) bond motifs is 1. The average molecular weight is 273 g/mol. The zero-order chi connectivity index (χ0) is 14.7. The molecule has 0 fully saturated rings. The van der Waals surface area contributed by atoms with Crippen LogP contribution in [-0.4, -0.2) is 0 Å². The summed E-state index contributed by atoms with van der Waals surface area (Å²) in [4.78, 5) is 11.9. The molecular weight excluding hydrogens is 262 g/mol. The van der Waals surface area contributed by atoms with Gasteiger partial charge in [-0.25, -0.2) is 4.79 Å². The lowest BCUT2D eigenvalue weighted by Crippen LogP contribution is -2.06. The monoisotopic (exact) mass is 273 g/mol. The maximum absolute atomic E-state index is 11.9. The van der Waals surface area contributed by atoms with E-state index >= 15 is 0 Å². The molecule has 21 heavy (non-hydrogen) atoms. The van der Waals surface area contributed by atoms with Crippen LogP contribution in [0.25, 0.3) is 23.1 Å². The number of benzene rings is 2. The molecule has 0 spiro atoms. The lowest BCUT2D eigenvalue weighted by atomic mass is 10.0. The van der Waals surface area contributed by atoms with Gasteiger partial charge in [-0.3, -0.25) is 0 Å². The van der Waals surface area contributed by atoms with E-state index in [2.05, 4.69) is 0 Å². The summed E-state index contributed by atoms with van der Waals surface area (Å²) >= 11 is 0. The van der Waals surface area contributed by atoms with E-state index in [9.17, 15) is 10.1 Å².